The maximum absolute atomic E-state index is 12.9. The maximum Gasteiger partial charge on any atom is 0.435 e. The van der Waals surface area contributed by atoms with Gasteiger partial charge in [-0.25, -0.2) is 9.67 Å². The average Bonchev–Trinajstić information content (AvgIpc) is 3.15. The quantitative estimate of drug-likeness (QED) is 0.807. The molecule has 0 aliphatic rings. The number of halogens is 3. The summed E-state index contributed by atoms with van der Waals surface area (Å²) in [6.07, 6.45) is -3.18. The van der Waals surface area contributed by atoms with Crippen molar-refractivity contribution in [1.29, 1.82) is 0 Å². The molecule has 114 valence electrons. The highest BCUT2D eigenvalue weighted by Crippen LogP contribution is 2.33. The third kappa shape index (κ3) is 2.60. The smallest absolute Gasteiger partial charge is 0.435 e. The maximum atomic E-state index is 12.9. The number of hydrogen-bond donors (Lipinski definition) is 1. The highest BCUT2D eigenvalue weighted by atomic mass is 19.4. The second-order valence-corrected chi connectivity index (χ2v) is 4.49. The molecule has 3 heterocycles. The zero-order chi connectivity index (χ0) is 15.7. The van der Waals surface area contributed by atoms with Crippen molar-refractivity contribution in [2.45, 2.75) is 12.7 Å². The first-order valence-corrected chi connectivity index (χ1v) is 6.36. The summed E-state index contributed by atoms with van der Waals surface area (Å²) in [5.41, 5.74) is 5.21. The molecule has 0 saturated heterocycles. The Morgan fingerprint density at radius 2 is 2.00 bits per heavy atom. The third-order valence-electron chi connectivity index (χ3n) is 2.99. The van der Waals surface area contributed by atoms with Gasteiger partial charge in [0.25, 0.3) is 0 Å². The highest BCUT2D eigenvalue weighted by molar-refractivity contribution is 5.56. The molecule has 3 rings (SSSR count). The van der Waals surface area contributed by atoms with Crippen molar-refractivity contribution in [1.82, 2.24) is 14.8 Å². The summed E-state index contributed by atoms with van der Waals surface area (Å²) in [5.74, 6) is 0.507. The molecule has 0 unspecified atom stereocenters. The Bertz CT molecular complexity index is 778. The Hall–Kier alpha value is -2.61. The van der Waals surface area contributed by atoms with Crippen molar-refractivity contribution in [2.24, 2.45) is 5.73 Å². The van der Waals surface area contributed by atoms with Crippen molar-refractivity contribution in [3.8, 4) is 17.3 Å². The first-order valence-electron chi connectivity index (χ1n) is 6.36. The first kappa shape index (κ1) is 14.3. The monoisotopic (exact) mass is 308 g/mol. The lowest BCUT2D eigenvalue weighted by Gasteiger charge is -2.06. The van der Waals surface area contributed by atoms with Crippen LogP contribution in [0.2, 0.25) is 0 Å². The number of nitrogens with zero attached hydrogens (tertiary/aromatic N) is 3. The minimum Gasteiger partial charge on any atom is -0.463 e. The van der Waals surface area contributed by atoms with Gasteiger partial charge in [0.05, 0.1) is 12.0 Å². The van der Waals surface area contributed by atoms with Gasteiger partial charge >= 0.3 is 6.18 Å². The van der Waals surface area contributed by atoms with Gasteiger partial charge in [0.15, 0.2) is 17.3 Å². The molecule has 3 aromatic heterocycles. The standard InChI is InChI=1S/C14H11F3N4O/c15-14(16,17)12-7-10(11-4-2-6-22-11)21(20-12)13-5-1-3-9(8-18)19-13/h1-7H,8,18H2. The van der Waals surface area contributed by atoms with Crippen LogP contribution < -0.4 is 5.73 Å². The van der Waals surface area contributed by atoms with E-state index < -0.39 is 11.9 Å². The fourth-order valence-electron chi connectivity index (χ4n) is 1.99. The summed E-state index contributed by atoms with van der Waals surface area (Å²) < 4.78 is 45.1. The molecule has 0 aliphatic carbocycles. The van der Waals surface area contributed by atoms with E-state index in [1.165, 1.54) is 6.26 Å². The van der Waals surface area contributed by atoms with E-state index in [4.69, 9.17) is 10.2 Å². The molecule has 0 fully saturated rings. The molecule has 2 N–H and O–H groups in total. The minimum absolute atomic E-state index is 0.166. The molecule has 22 heavy (non-hydrogen) atoms. The Balaban J connectivity index is 2.18. The lowest BCUT2D eigenvalue weighted by molar-refractivity contribution is -0.141. The van der Waals surface area contributed by atoms with Gasteiger partial charge in [-0.05, 0) is 24.3 Å². The molecule has 8 heteroatoms. The predicted molar refractivity (Wildman–Crippen MR) is 72.0 cm³/mol. The molecular formula is C14H11F3N4O. The van der Waals surface area contributed by atoms with Crippen LogP contribution in [0.4, 0.5) is 13.2 Å². The van der Waals surface area contributed by atoms with E-state index in [2.05, 4.69) is 10.1 Å². The third-order valence-corrected chi connectivity index (χ3v) is 2.99. The van der Waals surface area contributed by atoms with Crippen molar-refractivity contribution in [2.75, 3.05) is 0 Å². The number of aromatic nitrogens is 3. The van der Waals surface area contributed by atoms with Gasteiger partial charge < -0.3 is 10.2 Å². The van der Waals surface area contributed by atoms with Gasteiger partial charge in [0.2, 0.25) is 0 Å². The fourth-order valence-corrected chi connectivity index (χ4v) is 1.99. The fraction of sp³-hybridized carbons (Fsp3) is 0.143. The van der Waals surface area contributed by atoms with E-state index in [1.807, 2.05) is 0 Å². The molecule has 0 saturated carbocycles. The average molecular weight is 308 g/mol. The minimum atomic E-state index is -4.56. The number of pyridine rings is 1. The zero-order valence-electron chi connectivity index (χ0n) is 11.2. The molecule has 0 radical (unpaired) electrons. The van der Waals surface area contributed by atoms with Gasteiger partial charge in [-0.3, -0.25) is 0 Å². The van der Waals surface area contributed by atoms with Gasteiger partial charge in [-0.1, -0.05) is 6.07 Å². The Kier molecular flexibility index (Phi) is 3.45. The molecule has 0 aliphatic heterocycles. The second kappa shape index (κ2) is 5.30. The van der Waals surface area contributed by atoms with Crippen LogP contribution >= 0.6 is 0 Å². The van der Waals surface area contributed by atoms with Crippen LogP contribution in [0.3, 0.4) is 0 Å². The van der Waals surface area contributed by atoms with Crippen molar-refractivity contribution >= 4 is 0 Å². The van der Waals surface area contributed by atoms with E-state index in [0.29, 0.717) is 5.69 Å². The van der Waals surface area contributed by atoms with E-state index in [1.54, 1.807) is 30.3 Å². The molecule has 0 amide bonds. The largest absolute Gasteiger partial charge is 0.463 e. The normalized spacial score (nSPS) is 11.8. The Morgan fingerprint density at radius 3 is 2.64 bits per heavy atom. The summed E-state index contributed by atoms with van der Waals surface area (Å²) in [4.78, 5) is 4.19. The van der Waals surface area contributed by atoms with E-state index in [-0.39, 0.29) is 23.8 Å². The van der Waals surface area contributed by atoms with E-state index >= 15 is 0 Å². The SMILES string of the molecule is NCc1cccc(-n2nc(C(F)(F)F)cc2-c2ccco2)n1. The van der Waals surface area contributed by atoms with Gasteiger partial charge in [-0.2, -0.15) is 18.3 Å². The number of hydrogen-bond acceptors (Lipinski definition) is 4. The Labute approximate surface area is 123 Å². The van der Waals surface area contributed by atoms with E-state index in [0.717, 1.165) is 10.7 Å². The molecule has 0 atom stereocenters. The van der Waals surface area contributed by atoms with Crippen LogP contribution in [0.5, 0.6) is 0 Å². The summed E-state index contributed by atoms with van der Waals surface area (Å²) in [6, 6.07) is 8.97. The molecular weight excluding hydrogens is 297 g/mol. The van der Waals surface area contributed by atoms with Crippen LogP contribution in [0.15, 0.2) is 47.1 Å². The summed E-state index contributed by atoms with van der Waals surface area (Å²) in [5, 5.41) is 3.61. The molecule has 0 bridgehead atoms. The summed E-state index contributed by atoms with van der Waals surface area (Å²) in [7, 11) is 0. The predicted octanol–water partition coefficient (Wildman–Crippen LogP) is 3.00. The van der Waals surface area contributed by atoms with Crippen molar-refractivity contribution in [3.05, 3.63) is 54.0 Å². The molecule has 0 aromatic carbocycles. The number of furan rings is 1. The van der Waals surface area contributed by atoms with Crippen molar-refractivity contribution in [3.63, 3.8) is 0 Å². The number of rotatable bonds is 3. The Morgan fingerprint density at radius 1 is 1.18 bits per heavy atom. The highest BCUT2D eigenvalue weighted by Gasteiger charge is 2.35. The zero-order valence-corrected chi connectivity index (χ0v) is 11.2. The number of nitrogens with two attached hydrogens (primary N) is 1. The molecule has 0 spiro atoms. The van der Waals surface area contributed by atoms with Crippen LogP contribution in [-0.2, 0) is 12.7 Å². The van der Waals surface area contributed by atoms with E-state index in [9.17, 15) is 13.2 Å². The lowest BCUT2D eigenvalue weighted by Crippen LogP contribution is -2.09. The van der Waals surface area contributed by atoms with Crippen LogP contribution in [-0.4, -0.2) is 14.8 Å². The first-order chi connectivity index (χ1) is 10.5. The molecule has 3 aromatic rings. The van der Waals surface area contributed by atoms with Crippen LogP contribution in [0.1, 0.15) is 11.4 Å². The van der Waals surface area contributed by atoms with Crippen LogP contribution in [0.25, 0.3) is 17.3 Å². The van der Waals surface area contributed by atoms with Gasteiger partial charge in [0, 0.05) is 12.6 Å². The van der Waals surface area contributed by atoms with Gasteiger partial charge in [-0.15, -0.1) is 0 Å². The lowest BCUT2D eigenvalue weighted by atomic mass is 10.3. The topological polar surface area (TPSA) is 69.9 Å². The number of alkyl halides is 3. The second-order valence-electron chi connectivity index (χ2n) is 4.49. The van der Waals surface area contributed by atoms with Crippen molar-refractivity contribution < 1.29 is 17.6 Å². The molecule has 5 nitrogen and oxygen atoms in total. The summed E-state index contributed by atoms with van der Waals surface area (Å²) >= 11 is 0. The van der Waals surface area contributed by atoms with Crippen LogP contribution in [0, 0.1) is 0 Å². The van der Waals surface area contributed by atoms with Gasteiger partial charge in [0.1, 0.15) is 5.69 Å². The summed E-state index contributed by atoms with van der Waals surface area (Å²) in [6.45, 7) is 0.178.